The number of carbonyl (C=O) groups is 1. The zero-order valence-electron chi connectivity index (χ0n) is 18.1. The SMILES string of the molecule is O=C(Nc1ccc2c3c(c(=O)[nH]c2c1)CCCC3)c1ccc(S(=O)(=O)N2CCOCC2)cc1. The maximum absolute atomic E-state index is 12.8. The van der Waals surface area contributed by atoms with Gasteiger partial charge in [-0.2, -0.15) is 4.31 Å². The molecule has 8 nitrogen and oxygen atoms in total. The molecule has 0 unspecified atom stereocenters. The van der Waals surface area contributed by atoms with Crippen molar-refractivity contribution in [3.8, 4) is 0 Å². The summed E-state index contributed by atoms with van der Waals surface area (Å²) in [5, 5.41) is 3.85. The van der Waals surface area contributed by atoms with Gasteiger partial charge in [0.05, 0.1) is 23.6 Å². The van der Waals surface area contributed by atoms with E-state index in [-0.39, 0.29) is 16.4 Å². The quantitative estimate of drug-likeness (QED) is 0.613. The number of aromatic nitrogens is 1. The number of nitrogens with one attached hydrogen (secondary N) is 2. The number of H-pyrrole nitrogens is 1. The second-order valence-electron chi connectivity index (χ2n) is 8.37. The molecule has 1 amide bonds. The Kier molecular flexibility index (Phi) is 5.77. The summed E-state index contributed by atoms with van der Waals surface area (Å²) in [6.45, 7) is 1.38. The van der Waals surface area contributed by atoms with Crippen LogP contribution in [0.5, 0.6) is 0 Å². The van der Waals surface area contributed by atoms with Crippen LogP contribution in [0.2, 0.25) is 0 Å². The fraction of sp³-hybridized carbons (Fsp3) is 0.333. The monoisotopic (exact) mass is 467 g/mol. The average molecular weight is 468 g/mol. The van der Waals surface area contributed by atoms with Gasteiger partial charge < -0.3 is 15.0 Å². The number of aryl methyl sites for hydroxylation is 1. The average Bonchev–Trinajstić information content (AvgIpc) is 2.85. The lowest BCUT2D eigenvalue weighted by molar-refractivity contribution is 0.0730. The van der Waals surface area contributed by atoms with Gasteiger partial charge in [-0.25, -0.2) is 8.42 Å². The molecule has 0 bridgehead atoms. The molecule has 1 saturated heterocycles. The third kappa shape index (κ3) is 4.19. The molecule has 2 aromatic carbocycles. The minimum atomic E-state index is -3.61. The predicted octanol–water partition coefficient (Wildman–Crippen LogP) is 2.68. The number of rotatable bonds is 4. The number of fused-ring (bicyclic) bond motifs is 3. The van der Waals surface area contributed by atoms with Crippen molar-refractivity contribution in [3.05, 3.63) is 69.5 Å². The summed E-state index contributed by atoms with van der Waals surface area (Å²) in [7, 11) is -3.61. The van der Waals surface area contributed by atoms with Crippen LogP contribution in [0.25, 0.3) is 10.9 Å². The first kappa shape index (κ1) is 21.8. The van der Waals surface area contributed by atoms with Gasteiger partial charge in [0.15, 0.2) is 0 Å². The lowest BCUT2D eigenvalue weighted by atomic mass is 9.90. The first-order chi connectivity index (χ1) is 15.9. The normalized spacial score (nSPS) is 17.0. The van der Waals surface area contributed by atoms with Gasteiger partial charge in [0.2, 0.25) is 10.0 Å². The van der Waals surface area contributed by atoms with Crippen LogP contribution < -0.4 is 10.9 Å². The molecule has 2 heterocycles. The van der Waals surface area contributed by atoms with Crippen LogP contribution in [0.4, 0.5) is 5.69 Å². The third-order valence-electron chi connectivity index (χ3n) is 6.32. The van der Waals surface area contributed by atoms with E-state index in [1.54, 1.807) is 6.07 Å². The predicted molar refractivity (Wildman–Crippen MR) is 125 cm³/mol. The van der Waals surface area contributed by atoms with Crippen molar-refractivity contribution in [1.82, 2.24) is 9.29 Å². The molecule has 172 valence electrons. The topological polar surface area (TPSA) is 109 Å². The molecule has 0 atom stereocenters. The summed E-state index contributed by atoms with van der Waals surface area (Å²) in [5.74, 6) is -0.357. The van der Waals surface area contributed by atoms with Crippen LogP contribution in [-0.2, 0) is 27.6 Å². The number of pyridine rings is 1. The molecule has 9 heteroatoms. The second kappa shape index (κ2) is 8.74. The third-order valence-corrected chi connectivity index (χ3v) is 8.23. The smallest absolute Gasteiger partial charge is 0.255 e. The zero-order valence-corrected chi connectivity index (χ0v) is 18.9. The Bertz CT molecular complexity index is 1370. The van der Waals surface area contributed by atoms with Gasteiger partial charge in [0.1, 0.15) is 0 Å². The number of anilines is 1. The second-order valence-corrected chi connectivity index (χ2v) is 10.3. The molecule has 1 aromatic heterocycles. The van der Waals surface area contributed by atoms with Crippen LogP contribution in [0.1, 0.15) is 34.3 Å². The molecular formula is C24H25N3O5S. The molecule has 0 saturated carbocycles. The molecule has 3 aromatic rings. The Balaban J connectivity index is 1.35. The van der Waals surface area contributed by atoms with Crippen molar-refractivity contribution in [1.29, 1.82) is 0 Å². The molecule has 2 N–H and O–H groups in total. The van der Waals surface area contributed by atoms with Gasteiger partial charge in [0, 0.05) is 35.3 Å². The highest BCUT2D eigenvalue weighted by Crippen LogP contribution is 2.27. The number of carbonyl (C=O) groups excluding carboxylic acids is 1. The number of hydrogen-bond donors (Lipinski definition) is 2. The van der Waals surface area contributed by atoms with Gasteiger partial charge in [-0.05, 0) is 67.6 Å². The summed E-state index contributed by atoms with van der Waals surface area (Å²) in [6, 6.07) is 11.4. The maximum Gasteiger partial charge on any atom is 0.255 e. The maximum atomic E-state index is 12.8. The number of aromatic amines is 1. The lowest BCUT2D eigenvalue weighted by Crippen LogP contribution is -2.40. The van der Waals surface area contributed by atoms with Crippen molar-refractivity contribution in [2.75, 3.05) is 31.6 Å². The Morgan fingerprint density at radius 3 is 2.39 bits per heavy atom. The lowest BCUT2D eigenvalue weighted by Gasteiger charge is -2.26. The molecule has 33 heavy (non-hydrogen) atoms. The van der Waals surface area contributed by atoms with Crippen molar-refractivity contribution < 1.29 is 17.9 Å². The largest absolute Gasteiger partial charge is 0.379 e. The summed E-state index contributed by atoms with van der Waals surface area (Å²) in [5.41, 5.74) is 3.52. The highest BCUT2D eigenvalue weighted by Gasteiger charge is 2.26. The molecule has 0 spiro atoms. The Morgan fingerprint density at radius 1 is 0.970 bits per heavy atom. The number of amides is 1. The Labute approximate surface area is 191 Å². The summed E-state index contributed by atoms with van der Waals surface area (Å²) in [6.07, 6.45) is 3.79. The highest BCUT2D eigenvalue weighted by molar-refractivity contribution is 7.89. The highest BCUT2D eigenvalue weighted by atomic mass is 32.2. The van der Waals surface area contributed by atoms with Gasteiger partial charge in [-0.15, -0.1) is 0 Å². The number of ether oxygens (including phenoxy) is 1. The van der Waals surface area contributed by atoms with Crippen molar-refractivity contribution in [2.45, 2.75) is 30.6 Å². The van der Waals surface area contributed by atoms with Crippen LogP contribution >= 0.6 is 0 Å². The molecular weight excluding hydrogens is 442 g/mol. The zero-order chi connectivity index (χ0) is 23.0. The standard InChI is InChI=1S/C24H25N3O5S/c28-23(16-5-8-18(9-6-16)33(30,31)27-11-13-32-14-12-27)25-17-7-10-20-19-3-1-2-4-21(19)24(29)26-22(20)15-17/h5-10,15H,1-4,11-14H2,(H,25,28)(H,26,29). The number of hydrogen-bond acceptors (Lipinski definition) is 5. The van der Waals surface area contributed by atoms with Gasteiger partial charge in [-0.3, -0.25) is 9.59 Å². The number of nitrogens with zero attached hydrogens (tertiary/aromatic N) is 1. The van der Waals surface area contributed by atoms with E-state index in [4.69, 9.17) is 4.74 Å². The molecule has 2 aliphatic rings. The first-order valence-corrected chi connectivity index (χ1v) is 12.5. The fourth-order valence-corrected chi connectivity index (χ4v) is 5.96. The first-order valence-electron chi connectivity index (χ1n) is 11.1. The van der Waals surface area contributed by atoms with Crippen LogP contribution in [0.3, 0.4) is 0 Å². The van der Waals surface area contributed by atoms with Crippen molar-refractivity contribution in [3.63, 3.8) is 0 Å². The van der Waals surface area contributed by atoms with E-state index in [1.165, 1.54) is 28.6 Å². The molecule has 1 aliphatic carbocycles. The van der Waals surface area contributed by atoms with E-state index in [1.807, 2.05) is 12.1 Å². The van der Waals surface area contributed by atoms with E-state index in [0.717, 1.165) is 42.2 Å². The van der Waals surface area contributed by atoms with Crippen LogP contribution in [0.15, 0.2) is 52.2 Å². The summed E-state index contributed by atoms with van der Waals surface area (Å²) >= 11 is 0. The van der Waals surface area contributed by atoms with Crippen molar-refractivity contribution >= 4 is 32.5 Å². The van der Waals surface area contributed by atoms with E-state index >= 15 is 0 Å². The fourth-order valence-electron chi connectivity index (χ4n) is 4.56. The summed E-state index contributed by atoms with van der Waals surface area (Å²) in [4.78, 5) is 28.3. The Hall–Kier alpha value is -3.01. The van der Waals surface area contributed by atoms with E-state index in [0.29, 0.717) is 43.1 Å². The van der Waals surface area contributed by atoms with E-state index in [2.05, 4.69) is 10.3 Å². The Morgan fingerprint density at radius 2 is 1.67 bits per heavy atom. The molecule has 1 aliphatic heterocycles. The minimum Gasteiger partial charge on any atom is -0.379 e. The van der Waals surface area contributed by atoms with E-state index in [9.17, 15) is 18.0 Å². The van der Waals surface area contributed by atoms with Crippen LogP contribution in [0, 0.1) is 0 Å². The number of benzene rings is 2. The van der Waals surface area contributed by atoms with Gasteiger partial charge in [0.25, 0.3) is 11.5 Å². The number of sulfonamides is 1. The molecule has 1 fully saturated rings. The molecule has 0 radical (unpaired) electrons. The minimum absolute atomic E-state index is 0.0576. The van der Waals surface area contributed by atoms with Crippen LogP contribution in [-0.4, -0.2) is 49.9 Å². The number of morpholine rings is 1. The summed E-state index contributed by atoms with van der Waals surface area (Å²) < 4.78 is 32.1. The van der Waals surface area contributed by atoms with E-state index < -0.39 is 10.0 Å². The molecule has 5 rings (SSSR count). The van der Waals surface area contributed by atoms with Gasteiger partial charge in [-0.1, -0.05) is 6.07 Å². The van der Waals surface area contributed by atoms with Crippen molar-refractivity contribution in [2.24, 2.45) is 0 Å². The van der Waals surface area contributed by atoms with Gasteiger partial charge >= 0.3 is 0 Å².